The third kappa shape index (κ3) is 5.16. The van der Waals surface area contributed by atoms with Gasteiger partial charge in [-0.1, -0.05) is 114 Å². The van der Waals surface area contributed by atoms with Crippen LogP contribution in [0.3, 0.4) is 0 Å². The summed E-state index contributed by atoms with van der Waals surface area (Å²) >= 11 is 0. The van der Waals surface area contributed by atoms with Crippen LogP contribution in [0.2, 0.25) is 0 Å². The van der Waals surface area contributed by atoms with E-state index in [4.69, 9.17) is 19.9 Å². The van der Waals surface area contributed by atoms with Crippen LogP contribution >= 0.6 is 0 Å². The molecule has 2 aromatic heterocycles. The Morgan fingerprint density at radius 1 is 0.439 bits per heavy atom. The molecular formula is C58H62N8. The second-order valence-electron chi connectivity index (χ2n) is 19.9. The lowest BCUT2D eigenvalue weighted by molar-refractivity contribution is -0.137. The molecule has 0 saturated heterocycles. The van der Waals surface area contributed by atoms with Gasteiger partial charge in [-0.05, 0) is 134 Å². The van der Waals surface area contributed by atoms with Gasteiger partial charge < -0.3 is 19.6 Å². The summed E-state index contributed by atoms with van der Waals surface area (Å²) in [5.41, 5.74) is 13.0. The van der Waals surface area contributed by atoms with E-state index >= 15 is 0 Å². The molecule has 334 valence electrons. The number of aromatic nitrogens is 4. The Kier molecular flexibility index (Phi) is 9.57. The average molecular weight is 871 g/mol. The van der Waals surface area contributed by atoms with Gasteiger partial charge in [0.05, 0.1) is 0 Å². The van der Waals surface area contributed by atoms with Crippen LogP contribution in [-0.2, 0) is 10.8 Å². The molecule has 4 aliphatic rings. The van der Waals surface area contributed by atoms with Gasteiger partial charge in [0.15, 0.2) is 23.3 Å². The molecule has 11 rings (SSSR count). The van der Waals surface area contributed by atoms with Crippen LogP contribution in [0.25, 0.3) is 11.1 Å². The largest absolute Gasteiger partial charge is 0.301 e. The lowest BCUT2D eigenvalue weighted by atomic mass is 9.35. The maximum Gasteiger partial charge on any atom is 0.178 e. The molecular weight excluding hydrogens is 809 g/mol. The number of hydrogen-bond donors (Lipinski definition) is 0. The van der Waals surface area contributed by atoms with Crippen LogP contribution < -0.4 is 19.6 Å². The van der Waals surface area contributed by atoms with Crippen LogP contribution in [0.15, 0.2) is 134 Å². The van der Waals surface area contributed by atoms with Gasteiger partial charge in [0.2, 0.25) is 0 Å². The van der Waals surface area contributed by atoms with Gasteiger partial charge in [-0.25, -0.2) is 19.9 Å². The Hall–Kier alpha value is -6.54. The van der Waals surface area contributed by atoms with Crippen molar-refractivity contribution in [2.75, 3.05) is 19.6 Å². The fourth-order valence-corrected chi connectivity index (χ4v) is 14.7. The number of rotatable bonds is 8. The third-order valence-corrected chi connectivity index (χ3v) is 17.3. The molecule has 66 heavy (non-hydrogen) atoms. The van der Waals surface area contributed by atoms with Crippen molar-refractivity contribution in [2.24, 2.45) is 10.8 Å². The molecule has 0 N–H and O–H groups in total. The molecule has 0 saturated carbocycles. The fraction of sp³-hybridized carbons (Fsp3) is 0.345. The molecule has 5 aromatic carbocycles. The van der Waals surface area contributed by atoms with Crippen molar-refractivity contribution in [2.45, 2.75) is 118 Å². The zero-order valence-electron chi connectivity index (χ0n) is 40.3. The molecule has 7 aromatic rings. The summed E-state index contributed by atoms with van der Waals surface area (Å²) in [5.74, 6) is 3.58. The molecule has 0 bridgehead atoms. The van der Waals surface area contributed by atoms with Crippen LogP contribution in [-0.4, -0.2) is 32.3 Å². The van der Waals surface area contributed by atoms with Crippen molar-refractivity contribution in [1.29, 1.82) is 0 Å². The van der Waals surface area contributed by atoms with Crippen LogP contribution in [0.4, 0.5) is 46.0 Å². The van der Waals surface area contributed by atoms with Gasteiger partial charge in [0, 0.05) is 69.2 Å². The molecule has 8 heteroatoms. The van der Waals surface area contributed by atoms with E-state index in [2.05, 4.69) is 198 Å². The standard InChI is InChI=1S/C58H62N8/c1-11-55(9)44-25-18-19-26-46(44)65-51-49(59-29-31-61-51)63(42-23-16-15-17-24-42)53(65)57(55,13-3)58(14-4)54-64(43-34-37(5)33-38(6)35-43)50-52(62-32-30-60-50)66(54)47-36-41(27-28-45(47)56(58,10)12-2)48-39(7)21-20-22-40(48)8/h15-36,53-54H,11-14H2,1-10H3. The lowest BCUT2D eigenvalue weighted by Crippen LogP contribution is -2.79. The predicted molar refractivity (Wildman–Crippen MR) is 271 cm³/mol. The van der Waals surface area contributed by atoms with E-state index in [1.807, 2.05) is 24.8 Å². The Morgan fingerprint density at radius 3 is 1.44 bits per heavy atom. The van der Waals surface area contributed by atoms with E-state index in [-0.39, 0.29) is 17.7 Å². The minimum absolute atomic E-state index is 0.226. The first-order valence-corrected chi connectivity index (χ1v) is 24.2. The first kappa shape index (κ1) is 42.1. The van der Waals surface area contributed by atoms with E-state index in [0.717, 1.165) is 60.3 Å². The maximum absolute atomic E-state index is 5.40. The maximum atomic E-state index is 5.40. The average Bonchev–Trinajstić information content (AvgIpc) is 3.87. The molecule has 6 atom stereocenters. The summed E-state index contributed by atoms with van der Waals surface area (Å²) in [6.07, 6.45) is 10.6. The summed E-state index contributed by atoms with van der Waals surface area (Å²) in [5, 5.41) is 0. The Labute approximate surface area is 391 Å². The molecule has 6 unspecified atom stereocenters. The highest BCUT2D eigenvalue weighted by atomic mass is 15.5. The van der Waals surface area contributed by atoms with Crippen molar-refractivity contribution in [1.82, 2.24) is 19.9 Å². The van der Waals surface area contributed by atoms with Crippen LogP contribution in [0.1, 0.15) is 101 Å². The van der Waals surface area contributed by atoms with Crippen LogP contribution in [0.5, 0.6) is 0 Å². The number of nitrogens with zero attached hydrogens (tertiary/aromatic N) is 8. The monoisotopic (exact) mass is 871 g/mol. The second kappa shape index (κ2) is 15.0. The van der Waals surface area contributed by atoms with E-state index in [1.165, 1.54) is 55.9 Å². The topological polar surface area (TPSA) is 64.5 Å². The van der Waals surface area contributed by atoms with Crippen molar-refractivity contribution in [3.05, 3.63) is 167 Å². The van der Waals surface area contributed by atoms with Gasteiger partial charge in [-0.15, -0.1) is 0 Å². The van der Waals surface area contributed by atoms with Gasteiger partial charge in [-0.2, -0.15) is 0 Å². The minimum atomic E-state index is -0.549. The summed E-state index contributed by atoms with van der Waals surface area (Å²) < 4.78 is 0. The molecule has 8 nitrogen and oxygen atoms in total. The predicted octanol–water partition coefficient (Wildman–Crippen LogP) is 14.3. The second-order valence-corrected chi connectivity index (χ2v) is 19.9. The normalized spacial score (nSPS) is 25.8. The quantitative estimate of drug-likeness (QED) is 0.150. The Balaban J connectivity index is 1.34. The van der Waals surface area contributed by atoms with E-state index < -0.39 is 16.2 Å². The molecule has 0 spiro atoms. The Morgan fingerprint density at radius 2 is 0.909 bits per heavy atom. The number of fused-ring (bicyclic) bond motifs is 10. The molecule has 4 aliphatic heterocycles. The highest BCUT2D eigenvalue weighted by Crippen LogP contribution is 2.78. The molecule has 6 heterocycles. The molecule has 0 fully saturated rings. The summed E-state index contributed by atoms with van der Waals surface area (Å²) in [6.45, 7) is 24.0. The molecule has 0 aliphatic carbocycles. The lowest BCUT2D eigenvalue weighted by Gasteiger charge is -2.74. The summed E-state index contributed by atoms with van der Waals surface area (Å²) in [7, 11) is 0. The number of hydrogen-bond acceptors (Lipinski definition) is 8. The van der Waals surface area contributed by atoms with Crippen molar-refractivity contribution >= 4 is 46.0 Å². The summed E-state index contributed by atoms with van der Waals surface area (Å²) in [6, 6.07) is 41.3. The minimum Gasteiger partial charge on any atom is -0.301 e. The zero-order valence-corrected chi connectivity index (χ0v) is 40.3. The van der Waals surface area contributed by atoms with E-state index in [9.17, 15) is 0 Å². The molecule has 0 radical (unpaired) electrons. The highest BCUT2D eigenvalue weighted by molar-refractivity contribution is 5.91. The van der Waals surface area contributed by atoms with Crippen molar-refractivity contribution in [3.8, 4) is 11.1 Å². The molecule has 0 amide bonds. The van der Waals surface area contributed by atoms with Gasteiger partial charge in [0.25, 0.3) is 0 Å². The van der Waals surface area contributed by atoms with Crippen LogP contribution in [0, 0.1) is 38.5 Å². The SMILES string of the molecule is CCC1(C)c2ccccc2N2c3nccnc3N(c3ccccc3)C2C1(CC)C1(CC)C2N(c3cc(C)cc(C)c3)c3nccnc3N2c2cc(-c3c(C)cccc3C)ccc2C1(C)CC. The highest BCUT2D eigenvalue weighted by Gasteiger charge is 2.79. The number of anilines is 8. The van der Waals surface area contributed by atoms with Gasteiger partial charge in [-0.3, -0.25) is 0 Å². The van der Waals surface area contributed by atoms with Gasteiger partial charge >= 0.3 is 0 Å². The fourth-order valence-electron chi connectivity index (χ4n) is 14.7. The van der Waals surface area contributed by atoms with E-state index in [0.29, 0.717) is 0 Å². The smallest absolute Gasteiger partial charge is 0.178 e. The third-order valence-electron chi connectivity index (χ3n) is 17.3. The van der Waals surface area contributed by atoms with Crippen molar-refractivity contribution < 1.29 is 0 Å². The van der Waals surface area contributed by atoms with E-state index in [1.54, 1.807) is 0 Å². The number of aryl methyl sites for hydroxylation is 4. The zero-order chi connectivity index (χ0) is 45.9. The van der Waals surface area contributed by atoms with Gasteiger partial charge in [0.1, 0.15) is 12.3 Å². The summed E-state index contributed by atoms with van der Waals surface area (Å²) in [4.78, 5) is 31.8. The number of para-hydroxylation sites is 2. The Bertz CT molecular complexity index is 3000. The first-order valence-electron chi connectivity index (χ1n) is 24.2. The number of benzene rings is 5. The van der Waals surface area contributed by atoms with Crippen molar-refractivity contribution in [3.63, 3.8) is 0 Å². The first-order chi connectivity index (χ1) is 32.0.